The summed E-state index contributed by atoms with van der Waals surface area (Å²) >= 11 is 0. The normalized spacial score (nSPS) is 23.5. The van der Waals surface area contributed by atoms with Crippen molar-refractivity contribution in [3.8, 4) is 11.5 Å². The molecule has 2 N–H and O–H groups in total. The largest absolute Gasteiger partial charge is 0.504 e. The standard InChI is InChI=1S/C25H31NO7/c1-7-13(3)33-25(30)20-14(4)26-16-10-12(2)19(24(29)32-6)23(28)22(16)21(20)15-8-9-17(27)18(11-15)31-5/h8-9,11-13,19,21,26-27H,7,10H2,1-6H3/t12-,13-,19-,21+/m0/s1. The smallest absolute Gasteiger partial charge is 0.337 e. The van der Waals surface area contributed by atoms with Gasteiger partial charge in [-0.25, -0.2) is 4.79 Å². The number of carbonyl (C=O) groups is 3. The summed E-state index contributed by atoms with van der Waals surface area (Å²) in [6, 6.07) is 4.69. The van der Waals surface area contributed by atoms with Crippen LogP contribution in [0.4, 0.5) is 0 Å². The molecule has 178 valence electrons. The van der Waals surface area contributed by atoms with E-state index in [2.05, 4.69) is 5.32 Å². The van der Waals surface area contributed by atoms with Gasteiger partial charge in [0.1, 0.15) is 5.92 Å². The molecule has 2 aliphatic rings. The summed E-state index contributed by atoms with van der Waals surface area (Å²) in [5, 5.41) is 13.3. The minimum Gasteiger partial charge on any atom is -0.504 e. The van der Waals surface area contributed by atoms with E-state index in [9.17, 15) is 19.5 Å². The van der Waals surface area contributed by atoms with Crippen molar-refractivity contribution in [2.24, 2.45) is 11.8 Å². The van der Waals surface area contributed by atoms with Gasteiger partial charge in [-0.05, 0) is 50.3 Å². The first-order chi connectivity index (χ1) is 15.6. The van der Waals surface area contributed by atoms with Crippen LogP contribution in [0.15, 0.2) is 40.7 Å². The van der Waals surface area contributed by atoms with Gasteiger partial charge in [0.25, 0.3) is 0 Å². The average molecular weight is 458 g/mol. The van der Waals surface area contributed by atoms with E-state index in [1.807, 2.05) is 13.8 Å². The van der Waals surface area contributed by atoms with E-state index in [1.165, 1.54) is 20.3 Å². The lowest BCUT2D eigenvalue weighted by atomic mass is 9.69. The Bertz CT molecular complexity index is 1040. The number of carbonyl (C=O) groups excluding carboxylic acids is 3. The van der Waals surface area contributed by atoms with Gasteiger partial charge in [-0.1, -0.05) is 19.9 Å². The van der Waals surface area contributed by atoms with Gasteiger partial charge in [0.15, 0.2) is 17.3 Å². The number of phenolic OH excluding ortho intramolecular Hbond substituents is 1. The van der Waals surface area contributed by atoms with Crippen molar-refractivity contribution in [2.75, 3.05) is 14.2 Å². The number of hydrogen-bond acceptors (Lipinski definition) is 8. The first-order valence-electron chi connectivity index (χ1n) is 11.0. The van der Waals surface area contributed by atoms with Gasteiger partial charge in [0.05, 0.1) is 25.9 Å². The second-order valence-electron chi connectivity index (χ2n) is 8.59. The van der Waals surface area contributed by atoms with Crippen molar-refractivity contribution < 1.29 is 33.7 Å². The third kappa shape index (κ3) is 4.47. The van der Waals surface area contributed by atoms with E-state index in [0.29, 0.717) is 35.4 Å². The molecule has 0 saturated heterocycles. The summed E-state index contributed by atoms with van der Waals surface area (Å²) < 4.78 is 15.8. The van der Waals surface area contributed by atoms with Crippen LogP contribution in [-0.2, 0) is 23.9 Å². The highest BCUT2D eigenvalue weighted by molar-refractivity contribution is 6.12. The molecule has 0 unspecified atom stereocenters. The highest BCUT2D eigenvalue weighted by Crippen LogP contribution is 2.46. The van der Waals surface area contributed by atoms with Gasteiger partial charge < -0.3 is 24.6 Å². The number of rotatable bonds is 6. The lowest BCUT2D eigenvalue weighted by molar-refractivity contribution is -0.151. The van der Waals surface area contributed by atoms with E-state index in [-0.39, 0.29) is 34.9 Å². The summed E-state index contributed by atoms with van der Waals surface area (Å²) in [6.07, 6.45) is 0.767. The van der Waals surface area contributed by atoms with Crippen molar-refractivity contribution in [3.63, 3.8) is 0 Å². The summed E-state index contributed by atoms with van der Waals surface area (Å²) in [4.78, 5) is 39.4. The lowest BCUT2D eigenvalue weighted by Crippen LogP contribution is -2.43. The Kier molecular flexibility index (Phi) is 7.15. The van der Waals surface area contributed by atoms with E-state index >= 15 is 0 Å². The Morgan fingerprint density at radius 3 is 2.58 bits per heavy atom. The van der Waals surface area contributed by atoms with Gasteiger partial charge >= 0.3 is 11.9 Å². The second kappa shape index (κ2) is 9.68. The zero-order valence-electron chi connectivity index (χ0n) is 19.9. The Morgan fingerprint density at radius 1 is 1.27 bits per heavy atom. The van der Waals surface area contributed by atoms with E-state index in [4.69, 9.17) is 14.2 Å². The van der Waals surface area contributed by atoms with Crippen LogP contribution in [0.1, 0.15) is 52.0 Å². The van der Waals surface area contributed by atoms with Gasteiger partial charge in [-0.3, -0.25) is 9.59 Å². The molecular weight excluding hydrogens is 426 g/mol. The summed E-state index contributed by atoms with van der Waals surface area (Å²) in [6.45, 7) is 7.31. The highest BCUT2D eigenvalue weighted by Gasteiger charge is 2.47. The minimum absolute atomic E-state index is 0.0650. The fourth-order valence-corrected chi connectivity index (χ4v) is 4.49. The van der Waals surface area contributed by atoms with Gasteiger partial charge in [-0.2, -0.15) is 0 Å². The van der Waals surface area contributed by atoms with Crippen LogP contribution in [0, 0.1) is 11.8 Å². The number of ketones is 1. The molecule has 1 aromatic carbocycles. The predicted octanol–water partition coefficient (Wildman–Crippen LogP) is 3.36. The van der Waals surface area contributed by atoms with Crippen LogP contribution >= 0.6 is 0 Å². The van der Waals surface area contributed by atoms with Crippen LogP contribution in [0.3, 0.4) is 0 Å². The number of methoxy groups -OCH3 is 2. The number of benzene rings is 1. The zero-order chi connectivity index (χ0) is 24.4. The quantitative estimate of drug-likeness (QED) is 0.494. The van der Waals surface area contributed by atoms with Crippen LogP contribution in [0.25, 0.3) is 0 Å². The maximum Gasteiger partial charge on any atom is 0.337 e. The number of phenols is 1. The molecule has 1 heterocycles. The third-order valence-corrected chi connectivity index (χ3v) is 6.38. The van der Waals surface area contributed by atoms with Crippen molar-refractivity contribution in [1.82, 2.24) is 5.32 Å². The Balaban J connectivity index is 2.20. The third-order valence-electron chi connectivity index (χ3n) is 6.38. The molecule has 0 radical (unpaired) electrons. The Morgan fingerprint density at radius 2 is 1.97 bits per heavy atom. The van der Waals surface area contributed by atoms with Gasteiger partial charge in [-0.15, -0.1) is 0 Å². The second-order valence-corrected chi connectivity index (χ2v) is 8.59. The molecule has 1 aromatic rings. The first-order valence-corrected chi connectivity index (χ1v) is 11.0. The lowest BCUT2D eigenvalue weighted by Gasteiger charge is -2.38. The first kappa shape index (κ1) is 24.4. The summed E-state index contributed by atoms with van der Waals surface area (Å²) in [5.41, 5.74) is 2.43. The number of dihydropyridines is 1. The van der Waals surface area contributed by atoms with Crippen molar-refractivity contribution >= 4 is 17.7 Å². The minimum atomic E-state index is -0.970. The van der Waals surface area contributed by atoms with Crippen molar-refractivity contribution in [1.29, 1.82) is 0 Å². The van der Waals surface area contributed by atoms with E-state index < -0.39 is 23.8 Å². The number of nitrogens with one attached hydrogen (secondary N) is 1. The zero-order valence-corrected chi connectivity index (χ0v) is 19.9. The van der Waals surface area contributed by atoms with Crippen LogP contribution < -0.4 is 10.1 Å². The molecule has 1 aliphatic heterocycles. The molecule has 0 aromatic heterocycles. The molecule has 33 heavy (non-hydrogen) atoms. The molecule has 1 aliphatic carbocycles. The highest BCUT2D eigenvalue weighted by atomic mass is 16.5. The van der Waals surface area contributed by atoms with Gasteiger partial charge in [0, 0.05) is 22.9 Å². The van der Waals surface area contributed by atoms with Crippen molar-refractivity contribution in [3.05, 3.63) is 46.3 Å². The number of aromatic hydroxyl groups is 1. The number of ether oxygens (including phenoxy) is 3. The molecule has 8 heteroatoms. The number of esters is 2. The average Bonchev–Trinajstić information content (AvgIpc) is 2.77. The number of Topliss-reactive ketones (excluding diaryl/α,β-unsaturated/α-hetero) is 1. The SMILES string of the molecule is CC[C@H](C)OC(=O)C1=C(C)NC2=C(C(=O)[C@@H](C(=O)OC)[C@@H](C)C2)[C@@H]1c1ccc(O)c(OC)c1. The van der Waals surface area contributed by atoms with Crippen LogP contribution in [0.2, 0.25) is 0 Å². The number of hydrogen-bond donors (Lipinski definition) is 2. The molecule has 0 saturated carbocycles. The fraction of sp³-hybridized carbons (Fsp3) is 0.480. The molecule has 8 nitrogen and oxygen atoms in total. The maximum atomic E-state index is 13.7. The maximum absolute atomic E-state index is 13.7. The van der Waals surface area contributed by atoms with Crippen LogP contribution in [0.5, 0.6) is 11.5 Å². The molecule has 0 amide bonds. The molecule has 0 spiro atoms. The Hall–Kier alpha value is -3.29. The fourth-order valence-electron chi connectivity index (χ4n) is 4.49. The topological polar surface area (TPSA) is 111 Å². The monoisotopic (exact) mass is 457 g/mol. The molecular formula is C25H31NO7. The summed E-state index contributed by atoms with van der Waals surface area (Å²) in [5.74, 6) is -3.42. The summed E-state index contributed by atoms with van der Waals surface area (Å²) in [7, 11) is 2.68. The van der Waals surface area contributed by atoms with Crippen molar-refractivity contribution in [2.45, 2.75) is 52.6 Å². The Labute approximate surface area is 193 Å². The molecule has 0 bridgehead atoms. The van der Waals surface area contributed by atoms with E-state index in [1.54, 1.807) is 26.0 Å². The van der Waals surface area contributed by atoms with E-state index in [0.717, 1.165) is 0 Å². The van der Waals surface area contributed by atoms with Crippen LogP contribution in [-0.4, -0.2) is 43.2 Å². The predicted molar refractivity (Wildman–Crippen MR) is 120 cm³/mol. The number of allylic oxidation sites excluding steroid dienone is 3. The molecule has 4 atom stereocenters. The molecule has 3 rings (SSSR count). The van der Waals surface area contributed by atoms with Gasteiger partial charge in [0.2, 0.25) is 0 Å². The molecule has 0 fully saturated rings.